The van der Waals surface area contributed by atoms with Crippen molar-refractivity contribution in [3.63, 3.8) is 0 Å². The summed E-state index contributed by atoms with van der Waals surface area (Å²) in [5, 5.41) is 31.5. The first kappa shape index (κ1) is 68.2. The number of carboxylic acid groups (broad SMARTS) is 1. The first-order chi connectivity index (χ1) is 35.6. The van der Waals surface area contributed by atoms with Crippen LogP contribution in [0.4, 0.5) is 0 Å². The van der Waals surface area contributed by atoms with Crippen LogP contribution in [0.25, 0.3) is 0 Å². The summed E-state index contributed by atoms with van der Waals surface area (Å²) < 4.78 is 28.4. The van der Waals surface area contributed by atoms with Gasteiger partial charge in [-0.3, -0.25) is 14.4 Å². The molecule has 12 heteroatoms. The standard InChI is InChI=1S/C61H110O12/c1-4-7-10-13-16-19-22-25-26-27-28-31-32-35-38-41-44-47-53(62)69-50-52(71-54(63)48-45-42-39-36-33-29-23-20-17-14-11-8-5-2)51-70-61-59(57(66)56(65)58(73-61)60(67)68)72-55(64)49-46-43-40-37-34-30-24-21-18-15-12-9-6-3/h12,15,21,24,52,56-59,61,65-66H,4-11,13-14,16-20,22-23,25-51H2,1-3H3,(H,67,68)/b15-12-,24-21-. The summed E-state index contributed by atoms with van der Waals surface area (Å²) in [5.74, 6) is -3.10. The van der Waals surface area contributed by atoms with E-state index in [0.29, 0.717) is 19.3 Å². The zero-order chi connectivity index (χ0) is 53.3. The van der Waals surface area contributed by atoms with Crippen molar-refractivity contribution in [1.82, 2.24) is 0 Å². The highest BCUT2D eigenvalue weighted by Crippen LogP contribution is 2.27. The van der Waals surface area contributed by atoms with E-state index in [0.717, 1.165) is 89.9 Å². The maximum absolute atomic E-state index is 13.1. The number of unbranched alkanes of at least 4 members (excludes halogenated alkanes) is 34. The molecule has 0 saturated carbocycles. The topological polar surface area (TPSA) is 175 Å². The first-order valence-electron chi connectivity index (χ1n) is 30.3. The van der Waals surface area contributed by atoms with Crippen molar-refractivity contribution >= 4 is 23.9 Å². The molecule has 1 saturated heterocycles. The van der Waals surface area contributed by atoms with Gasteiger partial charge in [0.15, 0.2) is 24.6 Å². The Kier molecular flexibility index (Phi) is 46.8. The van der Waals surface area contributed by atoms with Gasteiger partial charge in [-0.05, 0) is 44.9 Å². The van der Waals surface area contributed by atoms with Gasteiger partial charge in [0.05, 0.1) is 6.61 Å². The second-order valence-corrected chi connectivity index (χ2v) is 21.0. The van der Waals surface area contributed by atoms with Crippen molar-refractivity contribution in [3.05, 3.63) is 24.3 Å². The minimum Gasteiger partial charge on any atom is -0.479 e. The lowest BCUT2D eigenvalue weighted by Gasteiger charge is -2.40. The lowest BCUT2D eigenvalue weighted by molar-refractivity contribution is -0.301. The third kappa shape index (κ3) is 40.2. The Bertz CT molecular complexity index is 1370. The number of carbonyl (C=O) groups is 4. The third-order valence-electron chi connectivity index (χ3n) is 14.0. The maximum atomic E-state index is 13.1. The number of aliphatic carboxylic acids is 1. The van der Waals surface area contributed by atoms with E-state index in [1.54, 1.807) is 0 Å². The van der Waals surface area contributed by atoms with Gasteiger partial charge in [-0.15, -0.1) is 0 Å². The Morgan fingerprint density at radius 3 is 1.29 bits per heavy atom. The van der Waals surface area contributed by atoms with Crippen LogP contribution in [0.3, 0.4) is 0 Å². The van der Waals surface area contributed by atoms with Gasteiger partial charge >= 0.3 is 23.9 Å². The number of carboxylic acids is 1. The predicted octanol–water partition coefficient (Wildman–Crippen LogP) is 15.5. The number of carbonyl (C=O) groups excluding carboxylic acids is 3. The Hall–Kier alpha value is -2.80. The van der Waals surface area contributed by atoms with Crippen LogP contribution in [0, 0.1) is 0 Å². The average molecular weight is 1040 g/mol. The van der Waals surface area contributed by atoms with Crippen LogP contribution in [0.2, 0.25) is 0 Å². The summed E-state index contributed by atoms with van der Waals surface area (Å²) in [5.41, 5.74) is 0. The normalized spacial score (nSPS) is 18.4. The molecule has 1 fully saturated rings. The molecule has 0 radical (unpaired) electrons. The number of hydrogen-bond donors (Lipinski definition) is 3. The molecule has 1 aliphatic rings. The number of hydrogen-bond acceptors (Lipinski definition) is 11. The summed E-state index contributed by atoms with van der Waals surface area (Å²) in [6.45, 7) is 5.95. The Morgan fingerprint density at radius 2 is 0.849 bits per heavy atom. The van der Waals surface area contributed by atoms with Crippen molar-refractivity contribution in [2.75, 3.05) is 13.2 Å². The van der Waals surface area contributed by atoms with Crippen LogP contribution in [-0.2, 0) is 42.9 Å². The highest BCUT2D eigenvalue weighted by atomic mass is 16.7. The summed E-state index contributed by atoms with van der Waals surface area (Å²) >= 11 is 0. The second-order valence-electron chi connectivity index (χ2n) is 21.0. The first-order valence-corrected chi connectivity index (χ1v) is 30.3. The van der Waals surface area contributed by atoms with E-state index >= 15 is 0 Å². The largest absolute Gasteiger partial charge is 0.479 e. The lowest BCUT2D eigenvalue weighted by Crippen LogP contribution is -2.61. The zero-order valence-electron chi connectivity index (χ0n) is 46.9. The van der Waals surface area contributed by atoms with Crippen molar-refractivity contribution in [2.45, 2.75) is 327 Å². The van der Waals surface area contributed by atoms with Crippen molar-refractivity contribution < 1.29 is 58.2 Å². The van der Waals surface area contributed by atoms with Crippen LogP contribution in [0.5, 0.6) is 0 Å². The van der Waals surface area contributed by atoms with E-state index in [9.17, 15) is 34.5 Å². The van der Waals surface area contributed by atoms with Gasteiger partial charge in [0.2, 0.25) is 0 Å². The van der Waals surface area contributed by atoms with Gasteiger partial charge in [-0.2, -0.15) is 0 Å². The fourth-order valence-electron chi connectivity index (χ4n) is 9.35. The molecule has 426 valence electrons. The molecule has 0 aromatic carbocycles. The minimum absolute atomic E-state index is 0.0488. The zero-order valence-corrected chi connectivity index (χ0v) is 46.9. The molecular weight excluding hydrogens is 925 g/mol. The fraction of sp³-hybridized carbons (Fsp3) is 0.869. The smallest absolute Gasteiger partial charge is 0.335 e. The van der Waals surface area contributed by atoms with Gasteiger partial charge in [-0.1, -0.05) is 251 Å². The predicted molar refractivity (Wildman–Crippen MR) is 294 cm³/mol. The summed E-state index contributed by atoms with van der Waals surface area (Å²) in [7, 11) is 0. The molecule has 73 heavy (non-hydrogen) atoms. The van der Waals surface area contributed by atoms with Gasteiger partial charge < -0.3 is 39.0 Å². The molecule has 1 heterocycles. The van der Waals surface area contributed by atoms with Crippen LogP contribution in [0.15, 0.2) is 24.3 Å². The maximum Gasteiger partial charge on any atom is 0.335 e. The molecule has 6 unspecified atom stereocenters. The Balaban J connectivity index is 2.66. The van der Waals surface area contributed by atoms with Crippen LogP contribution < -0.4 is 0 Å². The molecule has 0 aliphatic carbocycles. The van der Waals surface area contributed by atoms with E-state index < -0.39 is 67.3 Å². The van der Waals surface area contributed by atoms with E-state index in [2.05, 4.69) is 45.1 Å². The molecular formula is C61H110O12. The lowest BCUT2D eigenvalue weighted by atomic mass is 9.98. The number of ether oxygens (including phenoxy) is 5. The molecule has 1 rings (SSSR count). The molecule has 0 amide bonds. The Morgan fingerprint density at radius 1 is 0.452 bits per heavy atom. The van der Waals surface area contributed by atoms with Crippen LogP contribution in [-0.4, -0.2) is 89.2 Å². The van der Waals surface area contributed by atoms with Crippen LogP contribution >= 0.6 is 0 Å². The highest BCUT2D eigenvalue weighted by molar-refractivity contribution is 5.74. The molecule has 0 spiro atoms. The van der Waals surface area contributed by atoms with E-state index in [1.807, 2.05) is 0 Å². The number of esters is 3. The van der Waals surface area contributed by atoms with E-state index in [4.69, 9.17) is 23.7 Å². The minimum atomic E-state index is -1.90. The van der Waals surface area contributed by atoms with Crippen molar-refractivity contribution in [2.24, 2.45) is 0 Å². The van der Waals surface area contributed by atoms with Gasteiger partial charge in [0.25, 0.3) is 0 Å². The molecule has 12 nitrogen and oxygen atoms in total. The number of allylic oxidation sites excluding steroid dienone is 4. The number of aliphatic hydroxyl groups excluding tert-OH is 2. The quantitative estimate of drug-likeness (QED) is 0.0228. The SMILES string of the molecule is CCC/C=C\C/C=C\CCCCCCCC(=O)OC1C(OCC(COC(=O)CCCCCCCCCCCCCCCCCCC)OC(=O)CCCCCCCCCCCCCCC)OC(C(=O)O)C(O)C1O. The van der Waals surface area contributed by atoms with Crippen LogP contribution in [0.1, 0.15) is 290 Å². The highest BCUT2D eigenvalue weighted by Gasteiger charge is 2.50. The molecule has 1 aliphatic heterocycles. The summed E-state index contributed by atoms with van der Waals surface area (Å²) in [6, 6.07) is 0. The molecule has 3 N–H and O–H groups in total. The molecule has 0 bridgehead atoms. The van der Waals surface area contributed by atoms with Crippen molar-refractivity contribution in [1.29, 1.82) is 0 Å². The van der Waals surface area contributed by atoms with Gasteiger partial charge in [0, 0.05) is 19.3 Å². The second kappa shape index (κ2) is 50.0. The Labute approximate surface area is 445 Å². The van der Waals surface area contributed by atoms with Gasteiger partial charge in [-0.25, -0.2) is 4.79 Å². The number of rotatable bonds is 52. The summed E-state index contributed by atoms with van der Waals surface area (Å²) in [6.07, 6.45) is 44.3. The van der Waals surface area contributed by atoms with E-state index in [-0.39, 0.29) is 25.9 Å². The monoisotopic (exact) mass is 1030 g/mol. The molecule has 0 aromatic heterocycles. The fourth-order valence-corrected chi connectivity index (χ4v) is 9.35. The third-order valence-corrected chi connectivity index (χ3v) is 14.0. The molecule has 0 aromatic rings. The van der Waals surface area contributed by atoms with E-state index in [1.165, 1.54) is 141 Å². The summed E-state index contributed by atoms with van der Waals surface area (Å²) in [4.78, 5) is 51.1. The molecule has 6 atom stereocenters. The number of aliphatic hydroxyl groups is 2. The average Bonchev–Trinajstić information content (AvgIpc) is 3.37. The van der Waals surface area contributed by atoms with Gasteiger partial charge in [0.1, 0.15) is 18.8 Å². The van der Waals surface area contributed by atoms with Crippen molar-refractivity contribution in [3.8, 4) is 0 Å².